The van der Waals surface area contributed by atoms with Crippen LogP contribution in [0, 0.1) is 5.92 Å². The Morgan fingerprint density at radius 1 is 1.13 bits per heavy atom. The van der Waals surface area contributed by atoms with E-state index < -0.39 is 0 Å². The standard InChI is InChI=1S/C19H19N3O/c23-19(15-7-6-8-15)22(16-9-2-1-3-10-16)14-17-13-20-18-11-4-5-12-21(17)18/h1-5,9-13,15H,6-8,14H2. The van der Waals surface area contributed by atoms with Crippen molar-refractivity contribution in [3.8, 4) is 0 Å². The number of carbonyl (C=O) groups excluding carboxylic acids is 1. The monoisotopic (exact) mass is 305 g/mol. The molecule has 1 saturated carbocycles. The van der Waals surface area contributed by atoms with Crippen molar-refractivity contribution in [2.75, 3.05) is 4.90 Å². The SMILES string of the molecule is O=C(C1CCC1)N(Cc1cnc2ccccn12)c1ccccc1. The van der Waals surface area contributed by atoms with E-state index in [9.17, 15) is 4.79 Å². The summed E-state index contributed by atoms with van der Waals surface area (Å²) in [7, 11) is 0. The number of benzene rings is 1. The summed E-state index contributed by atoms with van der Waals surface area (Å²) in [6, 6.07) is 15.9. The van der Waals surface area contributed by atoms with Gasteiger partial charge in [-0.25, -0.2) is 4.98 Å². The summed E-state index contributed by atoms with van der Waals surface area (Å²) in [6.07, 6.45) is 7.03. The molecule has 4 heteroatoms. The average Bonchev–Trinajstić information content (AvgIpc) is 2.95. The fourth-order valence-electron chi connectivity index (χ4n) is 3.04. The van der Waals surface area contributed by atoms with Crippen molar-refractivity contribution < 1.29 is 4.79 Å². The molecule has 1 aromatic carbocycles. The summed E-state index contributed by atoms with van der Waals surface area (Å²) in [6.45, 7) is 0.546. The minimum absolute atomic E-state index is 0.175. The molecule has 4 rings (SSSR count). The molecular weight excluding hydrogens is 286 g/mol. The number of nitrogens with zero attached hydrogens (tertiary/aromatic N) is 3. The van der Waals surface area contributed by atoms with Gasteiger partial charge in [0.1, 0.15) is 5.65 Å². The van der Waals surface area contributed by atoms with Gasteiger partial charge in [0.2, 0.25) is 5.91 Å². The van der Waals surface area contributed by atoms with E-state index in [1.165, 1.54) is 0 Å². The van der Waals surface area contributed by atoms with Gasteiger partial charge in [0, 0.05) is 17.8 Å². The average molecular weight is 305 g/mol. The first kappa shape index (κ1) is 14.0. The lowest BCUT2D eigenvalue weighted by Gasteiger charge is -2.31. The lowest BCUT2D eigenvalue weighted by Crippen LogP contribution is -2.38. The van der Waals surface area contributed by atoms with Gasteiger partial charge in [0.25, 0.3) is 0 Å². The molecule has 3 aromatic rings. The summed E-state index contributed by atoms with van der Waals surface area (Å²) < 4.78 is 2.05. The zero-order chi connectivity index (χ0) is 15.6. The van der Waals surface area contributed by atoms with Gasteiger partial charge in [-0.05, 0) is 37.1 Å². The number of carbonyl (C=O) groups is 1. The van der Waals surface area contributed by atoms with Gasteiger partial charge in [-0.3, -0.25) is 4.79 Å². The lowest BCUT2D eigenvalue weighted by atomic mass is 9.84. The number of hydrogen-bond acceptors (Lipinski definition) is 2. The molecule has 116 valence electrons. The van der Waals surface area contributed by atoms with E-state index in [-0.39, 0.29) is 11.8 Å². The molecule has 1 aliphatic carbocycles. The number of aromatic nitrogens is 2. The van der Waals surface area contributed by atoms with E-state index in [0.717, 1.165) is 36.3 Å². The summed E-state index contributed by atoms with van der Waals surface area (Å²) in [5, 5.41) is 0. The fourth-order valence-corrected chi connectivity index (χ4v) is 3.04. The van der Waals surface area contributed by atoms with Gasteiger partial charge >= 0.3 is 0 Å². The van der Waals surface area contributed by atoms with Crippen molar-refractivity contribution in [1.82, 2.24) is 9.38 Å². The van der Waals surface area contributed by atoms with E-state index in [0.29, 0.717) is 6.54 Å². The maximum atomic E-state index is 12.9. The molecule has 2 heterocycles. The largest absolute Gasteiger partial charge is 0.306 e. The number of pyridine rings is 1. The molecule has 23 heavy (non-hydrogen) atoms. The Kier molecular flexibility index (Phi) is 3.58. The van der Waals surface area contributed by atoms with Crippen molar-refractivity contribution in [2.45, 2.75) is 25.8 Å². The van der Waals surface area contributed by atoms with Gasteiger partial charge in [0.05, 0.1) is 18.4 Å². The summed E-state index contributed by atoms with van der Waals surface area (Å²) in [5.74, 6) is 0.405. The second-order valence-electron chi connectivity index (χ2n) is 6.07. The third kappa shape index (κ3) is 2.61. The molecule has 4 nitrogen and oxygen atoms in total. The Labute approximate surface area is 135 Å². The van der Waals surface area contributed by atoms with Crippen LogP contribution in [0.4, 0.5) is 5.69 Å². The van der Waals surface area contributed by atoms with E-state index in [1.54, 1.807) is 0 Å². The molecule has 1 fully saturated rings. The minimum atomic E-state index is 0.175. The summed E-state index contributed by atoms with van der Waals surface area (Å²) in [4.78, 5) is 19.2. The van der Waals surface area contributed by atoms with E-state index in [1.807, 2.05) is 70.2 Å². The van der Waals surface area contributed by atoms with Crippen molar-refractivity contribution >= 4 is 17.2 Å². The Morgan fingerprint density at radius 3 is 2.65 bits per heavy atom. The van der Waals surface area contributed by atoms with Gasteiger partial charge in [-0.15, -0.1) is 0 Å². The van der Waals surface area contributed by atoms with Crippen LogP contribution in [-0.2, 0) is 11.3 Å². The zero-order valence-corrected chi connectivity index (χ0v) is 12.9. The van der Waals surface area contributed by atoms with Crippen molar-refractivity contribution in [3.05, 3.63) is 66.6 Å². The van der Waals surface area contributed by atoms with Crippen molar-refractivity contribution in [3.63, 3.8) is 0 Å². The highest BCUT2D eigenvalue weighted by Crippen LogP contribution is 2.31. The fraction of sp³-hybridized carbons (Fsp3) is 0.263. The molecule has 1 aliphatic rings. The molecule has 0 atom stereocenters. The maximum absolute atomic E-state index is 12.9. The van der Waals surface area contributed by atoms with Crippen molar-refractivity contribution in [2.24, 2.45) is 5.92 Å². The zero-order valence-electron chi connectivity index (χ0n) is 12.9. The number of rotatable bonds is 4. The highest BCUT2D eigenvalue weighted by Gasteiger charge is 2.30. The molecular formula is C19H19N3O. The van der Waals surface area contributed by atoms with E-state index in [2.05, 4.69) is 4.98 Å². The molecule has 0 saturated heterocycles. The van der Waals surface area contributed by atoms with Gasteiger partial charge in [-0.2, -0.15) is 0 Å². The lowest BCUT2D eigenvalue weighted by molar-refractivity contribution is -0.124. The first-order chi connectivity index (χ1) is 11.3. The van der Waals surface area contributed by atoms with Crippen LogP contribution in [0.15, 0.2) is 60.9 Å². The van der Waals surface area contributed by atoms with Crippen LogP contribution in [-0.4, -0.2) is 15.3 Å². The molecule has 2 aromatic heterocycles. The van der Waals surface area contributed by atoms with Crippen LogP contribution < -0.4 is 4.90 Å². The Bertz CT molecular complexity index is 821. The number of imidazole rings is 1. The Hall–Kier alpha value is -2.62. The highest BCUT2D eigenvalue weighted by molar-refractivity contribution is 5.95. The normalized spacial score (nSPS) is 14.6. The Morgan fingerprint density at radius 2 is 1.91 bits per heavy atom. The van der Waals surface area contributed by atoms with Gasteiger partial charge in [-0.1, -0.05) is 30.7 Å². The van der Waals surface area contributed by atoms with Crippen LogP contribution in [0.1, 0.15) is 25.0 Å². The maximum Gasteiger partial charge on any atom is 0.230 e. The molecule has 0 aliphatic heterocycles. The second kappa shape index (κ2) is 5.88. The second-order valence-corrected chi connectivity index (χ2v) is 6.07. The third-order valence-electron chi connectivity index (χ3n) is 4.60. The van der Waals surface area contributed by atoms with Gasteiger partial charge in [0.15, 0.2) is 0 Å². The number of fused-ring (bicyclic) bond motifs is 1. The van der Waals surface area contributed by atoms with Crippen LogP contribution >= 0.6 is 0 Å². The molecule has 1 amide bonds. The summed E-state index contributed by atoms with van der Waals surface area (Å²) in [5.41, 5.74) is 2.89. The smallest absolute Gasteiger partial charge is 0.230 e. The number of hydrogen-bond donors (Lipinski definition) is 0. The van der Waals surface area contributed by atoms with E-state index in [4.69, 9.17) is 0 Å². The predicted molar refractivity (Wildman–Crippen MR) is 90.2 cm³/mol. The van der Waals surface area contributed by atoms with Crippen LogP contribution in [0.2, 0.25) is 0 Å². The number of amides is 1. The summed E-state index contributed by atoms with van der Waals surface area (Å²) >= 11 is 0. The van der Waals surface area contributed by atoms with Crippen LogP contribution in [0.3, 0.4) is 0 Å². The van der Waals surface area contributed by atoms with Gasteiger partial charge < -0.3 is 9.30 Å². The molecule has 0 unspecified atom stereocenters. The molecule has 0 spiro atoms. The third-order valence-corrected chi connectivity index (χ3v) is 4.60. The van der Waals surface area contributed by atoms with Crippen LogP contribution in [0.5, 0.6) is 0 Å². The first-order valence-corrected chi connectivity index (χ1v) is 8.10. The molecule has 0 bridgehead atoms. The van der Waals surface area contributed by atoms with Crippen molar-refractivity contribution in [1.29, 1.82) is 0 Å². The Balaban J connectivity index is 1.69. The minimum Gasteiger partial charge on any atom is -0.306 e. The first-order valence-electron chi connectivity index (χ1n) is 8.10. The quantitative estimate of drug-likeness (QED) is 0.737. The predicted octanol–water partition coefficient (Wildman–Crippen LogP) is 3.67. The topological polar surface area (TPSA) is 37.6 Å². The van der Waals surface area contributed by atoms with E-state index >= 15 is 0 Å². The molecule has 0 radical (unpaired) electrons. The molecule has 0 N–H and O–H groups in total. The number of anilines is 1. The highest BCUT2D eigenvalue weighted by atomic mass is 16.2. The van der Waals surface area contributed by atoms with Crippen LogP contribution in [0.25, 0.3) is 5.65 Å². The number of para-hydroxylation sites is 1.